The zero-order chi connectivity index (χ0) is 20.4. The number of aromatic nitrogens is 1. The maximum atomic E-state index is 13.1. The van der Waals surface area contributed by atoms with Crippen LogP contribution in [0.5, 0.6) is 0 Å². The molecule has 1 aromatic carbocycles. The molecule has 1 aliphatic rings. The van der Waals surface area contributed by atoms with Crippen LogP contribution in [0.15, 0.2) is 48.7 Å². The summed E-state index contributed by atoms with van der Waals surface area (Å²) in [4.78, 5) is 31.3. The number of rotatable bonds is 4. The summed E-state index contributed by atoms with van der Waals surface area (Å²) in [5, 5.41) is 6.48. The molecule has 0 spiro atoms. The topological polar surface area (TPSA) is 71.1 Å². The predicted octanol–water partition coefficient (Wildman–Crippen LogP) is 5.08. The van der Waals surface area contributed by atoms with Gasteiger partial charge in [0.1, 0.15) is 10.8 Å². The van der Waals surface area contributed by atoms with E-state index in [4.69, 9.17) is 0 Å². The van der Waals surface area contributed by atoms with Crippen molar-refractivity contribution >= 4 is 34.0 Å². The first-order valence-corrected chi connectivity index (χ1v) is 10.6. The van der Waals surface area contributed by atoms with Crippen molar-refractivity contribution in [3.05, 3.63) is 75.8 Å². The van der Waals surface area contributed by atoms with Crippen LogP contribution in [-0.4, -0.2) is 16.8 Å². The van der Waals surface area contributed by atoms with Gasteiger partial charge in [0.25, 0.3) is 11.8 Å². The number of carbonyl (C=O) groups excluding carboxylic acids is 2. The second-order valence-electron chi connectivity index (χ2n) is 7.55. The number of fused-ring (bicyclic) bond motifs is 1. The number of carbonyl (C=O) groups is 2. The van der Waals surface area contributed by atoms with Crippen molar-refractivity contribution in [1.29, 1.82) is 0 Å². The molecule has 0 bridgehead atoms. The molecular formula is C23H23N3O2S. The van der Waals surface area contributed by atoms with E-state index < -0.39 is 0 Å². The molecule has 0 fully saturated rings. The van der Waals surface area contributed by atoms with Crippen LogP contribution in [0.25, 0.3) is 0 Å². The van der Waals surface area contributed by atoms with E-state index in [1.807, 2.05) is 31.2 Å². The van der Waals surface area contributed by atoms with E-state index >= 15 is 0 Å². The van der Waals surface area contributed by atoms with Crippen LogP contribution in [0.2, 0.25) is 0 Å². The summed E-state index contributed by atoms with van der Waals surface area (Å²) >= 11 is 1.52. The molecule has 2 aromatic heterocycles. The summed E-state index contributed by atoms with van der Waals surface area (Å²) in [6.07, 6.45) is 4.46. The standard InChI is InChI=1S/C23H23N3O2S/c1-14-6-5-7-16(12-14)21(27)26-23-20(17-10-9-15(2)13-18(17)29-23)22(28)25-19-8-3-4-11-24-19/h3-8,11-12,15H,9-10,13H2,1-2H3,(H,26,27)(H,24,25,28). The molecular weight excluding hydrogens is 382 g/mol. The minimum absolute atomic E-state index is 0.202. The fourth-order valence-electron chi connectivity index (χ4n) is 3.66. The number of benzene rings is 1. The molecule has 2 N–H and O–H groups in total. The molecule has 29 heavy (non-hydrogen) atoms. The quantitative estimate of drug-likeness (QED) is 0.636. The molecule has 1 unspecified atom stereocenters. The van der Waals surface area contributed by atoms with Crippen LogP contribution in [-0.2, 0) is 12.8 Å². The summed E-state index contributed by atoms with van der Waals surface area (Å²) in [7, 11) is 0. The third-order valence-corrected chi connectivity index (χ3v) is 6.32. The van der Waals surface area contributed by atoms with E-state index in [1.165, 1.54) is 16.2 Å². The maximum absolute atomic E-state index is 13.1. The average molecular weight is 406 g/mol. The zero-order valence-corrected chi connectivity index (χ0v) is 17.3. The van der Waals surface area contributed by atoms with Crippen molar-refractivity contribution in [3.63, 3.8) is 0 Å². The van der Waals surface area contributed by atoms with Crippen LogP contribution in [0.1, 0.15) is 50.1 Å². The Bertz CT molecular complexity index is 1060. The van der Waals surface area contributed by atoms with Gasteiger partial charge in [-0.05, 0) is 61.9 Å². The van der Waals surface area contributed by atoms with Crippen molar-refractivity contribution in [1.82, 2.24) is 4.98 Å². The van der Waals surface area contributed by atoms with Gasteiger partial charge < -0.3 is 10.6 Å². The third kappa shape index (κ3) is 4.22. The summed E-state index contributed by atoms with van der Waals surface area (Å²) in [6, 6.07) is 12.8. The van der Waals surface area contributed by atoms with E-state index in [0.717, 1.165) is 30.4 Å². The first kappa shape index (κ1) is 19.3. The van der Waals surface area contributed by atoms with Crippen molar-refractivity contribution in [2.75, 3.05) is 10.6 Å². The Labute approximate surface area is 174 Å². The molecule has 1 atom stereocenters. The van der Waals surface area contributed by atoms with Crippen LogP contribution in [0, 0.1) is 12.8 Å². The molecule has 0 saturated heterocycles. The van der Waals surface area contributed by atoms with Gasteiger partial charge in [-0.3, -0.25) is 9.59 Å². The van der Waals surface area contributed by atoms with Crippen molar-refractivity contribution < 1.29 is 9.59 Å². The highest BCUT2D eigenvalue weighted by atomic mass is 32.1. The molecule has 1 aliphatic carbocycles. The van der Waals surface area contributed by atoms with E-state index in [-0.39, 0.29) is 11.8 Å². The van der Waals surface area contributed by atoms with Crippen molar-refractivity contribution in [2.45, 2.75) is 33.1 Å². The summed E-state index contributed by atoms with van der Waals surface area (Å²) in [5.41, 5.74) is 3.23. The highest BCUT2D eigenvalue weighted by Crippen LogP contribution is 2.40. The largest absolute Gasteiger partial charge is 0.313 e. The van der Waals surface area contributed by atoms with Gasteiger partial charge in [0, 0.05) is 16.6 Å². The molecule has 0 radical (unpaired) electrons. The zero-order valence-electron chi connectivity index (χ0n) is 16.5. The van der Waals surface area contributed by atoms with E-state index in [0.29, 0.717) is 27.9 Å². The van der Waals surface area contributed by atoms with Gasteiger partial charge >= 0.3 is 0 Å². The van der Waals surface area contributed by atoms with Crippen molar-refractivity contribution in [3.8, 4) is 0 Å². The van der Waals surface area contributed by atoms with Crippen LogP contribution < -0.4 is 10.6 Å². The first-order chi connectivity index (χ1) is 14.0. The highest BCUT2D eigenvalue weighted by molar-refractivity contribution is 7.17. The number of hydrogen-bond acceptors (Lipinski definition) is 4. The number of nitrogens with one attached hydrogen (secondary N) is 2. The Hall–Kier alpha value is -2.99. The smallest absolute Gasteiger partial charge is 0.260 e. The normalized spacial score (nSPS) is 15.4. The van der Waals surface area contributed by atoms with Gasteiger partial charge in [-0.1, -0.05) is 30.7 Å². The minimum Gasteiger partial charge on any atom is -0.313 e. The molecule has 3 aromatic rings. The number of hydrogen-bond donors (Lipinski definition) is 2. The Morgan fingerprint density at radius 3 is 2.72 bits per heavy atom. The fourth-order valence-corrected chi connectivity index (χ4v) is 5.06. The Balaban J connectivity index is 1.67. The van der Waals surface area contributed by atoms with Gasteiger partial charge in [-0.25, -0.2) is 4.98 Å². The number of thiophene rings is 1. The number of pyridine rings is 1. The van der Waals surface area contributed by atoms with Crippen molar-refractivity contribution in [2.24, 2.45) is 5.92 Å². The number of aryl methyl sites for hydroxylation is 1. The average Bonchev–Trinajstić information content (AvgIpc) is 3.05. The van der Waals surface area contributed by atoms with Crippen LogP contribution in [0.4, 0.5) is 10.8 Å². The van der Waals surface area contributed by atoms with Gasteiger partial charge in [0.05, 0.1) is 5.56 Å². The van der Waals surface area contributed by atoms with Gasteiger partial charge in [0.15, 0.2) is 0 Å². The lowest BCUT2D eigenvalue weighted by Crippen LogP contribution is -2.19. The Morgan fingerprint density at radius 2 is 1.97 bits per heavy atom. The van der Waals surface area contributed by atoms with Crippen LogP contribution in [0.3, 0.4) is 0 Å². The van der Waals surface area contributed by atoms with E-state index in [1.54, 1.807) is 24.4 Å². The highest BCUT2D eigenvalue weighted by Gasteiger charge is 2.28. The predicted molar refractivity (Wildman–Crippen MR) is 117 cm³/mol. The maximum Gasteiger partial charge on any atom is 0.260 e. The molecule has 148 valence electrons. The second-order valence-corrected chi connectivity index (χ2v) is 8.65. The molecule has 6 heteroatoms. The van der Waals surface area contributed by atoms with E-state index in [9.17, 15) is 9.59 Å². The fraction of sp³-hybridized carbons (Fsp3) is 0.261. The molecule has 0 saturated carbocycles. The Kier molecular flexibility index (Phi) is 5.45. The monoisotopic (exact) mass is 405 g/mol. The first-order valence-electron chi connectivity index (χ1n) is 9.76. The van der Waals surface area contributed by atoms with Gasteiger partial charge in [0.2, 0.25) is 0 Å². The van der Waals surface area contributed by atoms with Crippen LogP contribution >= 0.6 is 11.3 Å². The van der Waals surface area contributed by atoms with Gasteiger partial charge in [-0.15, -0.1) is 11.3 Å². The molecule has 2 amide bonds. The third-order valence-electron chi connectivity index (χ3n) is 5.15. The molecule has 4 rings (SSSR count). The number of anilines is 2. The number of nitrogens with zero attached hydrogens (tertiary/aromatic N) is 1. The molecule has 0 aliphatic heterocycles. The van der Waals surface area contributed by atoms with Gasteiger partial charge in [-0.2, -0.15) is 0 Å². The Morgan fingerprint density at radius 1 is 1.10 bits per heavy atom. The summed E-state index contributed by atoms with van der Waals surface area (Å²) < 4.78 is 0. The lowest BCUT2D eigenvalue weighted by molar-refractivity contribution is 0.102. The number of amides is 2. The van der Waals surface area contributed by atoms with E-state index in [2.05, 4.69) is 22.5 Å². The lowest BCUT2D eigenvalue weighted by atomic mass is 9.88. The summed E-state index contributed by atoms with van der Waals surface area (Å²) in [6.45, 7) is 4.18. The molecule has 5 nitrogen and oxygen atoms in total. The second kappa shape index (κ2) is 8.17. The SMILES string of the molecule is Cc1cccc(C(=O)Nc2sc3c(c2C(=O)Nc2ccccn2)CCC(C)C3)c1. The lowest BCUT2D eigenvalue weighted by Gasteiger charge is -2.18. The minimum atomic E-state index is -0.227. The molecule has 2 heterocycles. The summed E-state index contributed by atoms with van der Waals surface area (Å²) in [5.74, 6) is 0.647.